The lowest BCUT2D eigenvalue weighted by Gasteiger charge is -2.28. The topological polar surface area (TPSA) is 32.3 Å². The molecular formula is C10H20F3NO. The molecule has 0 rings (SSSR count). The Hall–Kier alpha value is -0.290. The first-order chi connectivity index (χ1) is 6.72. The quantitative estimate of drug-likeness (QED) is 0.730. The highest BCUT2D eigenvalue weighted by Gasteiger charge is 2.30. The molecule has 0 aliphatic rings. The lowest BCUT2D eigenvalue weighted by Crippen LogP contribution is -2.40. The van der Waals surface area contributed by atoms with Crippen LogP contribution in [0.3, 0.4) is 0 Å². The minimum Gasteiger partial charge on any atom is -0.396 e. The molecule has 0 amide bonds. The number of rotatable bonds is 6. The van der Waals surface area contributed by atoms with Gasteiger partial charge in [0.25, 0.3) is 0 Å². The molecule has 0 heterocycles. The van der Waals surface area contributed by atoms with Gasteiger partial charge in [-0.25, -0.2) is 0 Å². The molecule has 15 heavy (non-hydrogen) atoms. The summed E-state index contributed by atoms with van der Waals surface area (Å²) in [4.78, 5) is 0. The molecule has 0 saturated carbocycles. The summed E-state index contributed by atoms with van der Waals surface area (Å²) < 4.78 is 36.0. The Morgan fingerprint density at radius 1 is 1.33 bits per heavy atom. The van der Waals surface area contributed by atoms with E-state index in [1.165, 1.54) is 6.92 Å². The Balaban J connectivity index is 3.94. The van der Waals surface area contributed by atoms with Crippen LogP contribution in [-0.2, 0) is 0 Å². The number of nitrogens with one attached hydrogen (secondary N) is 1. The molecule has 0 aliphatic heterocycles. The van der Waals surface area contributed by atoms with Crippen molar-refractivity contribution in [2.45, 2.75) is 45.8 Å². The van der Waals surface area contributed by atoms with E-state index in [2.05, 4.69) is 5.32 Å². The molecule has 0 bridgehead atoms. The SMILES string of the molecule is CCC(C)(CO)CNC(C)CC(F)(F)F. The average molecular weight is 227 g/mol. The fourth-order valence-corrected chi connectivity index (χ4v) is 1.13. The number of alkyl halides is 3. The van der Waals surface area contributed by atoms with Crippen LogP contribution in [0.2, 0.25) is 0 Å². The second-order valence-corrected chi connectivity index (χ2v) is 4.42. The fraction of sp³-hybridized carbons (Fsp3) is 1.00. The summed E-state index contributed by atoms with van der Waals surface area (Å²) in [5, 5.41) is 11.9. The van der Waals surface area contributed by atoms with Crippen molar-refractivity contribution in [3.05, 3.63) is 0 Å². The Bertz CT molecular complexity index is 178. The van der Waals surface area contributed by atoms with E-state index in [1.807, 2.05) is 13.8 Å². The molecule has 0 aliphatic carbocycles. The predicted molar refractivity (Wildman–Crippen MR) is 53.6 cm³/mol. The number of hydrogen-bond donors (Lipinski definition) is 2. The van der Waals surface area contributed by atoms with Crippen LogP contribution in [0.1, 0.15) is 33.6 Å². The number of halogens is 3. The van der Waals surface area contributed by atoms with Crippen LogP contribution in [-0.4, -0.2) is 30.5 Å². The van der Waals surface area contributed by atoms with Crippen molar-refractivity contribution in [2.75, 3.05) is 13.2 Å². The molecule has 2 nitrogen and oxygen atoms in total. The van der Waals surface area contributed by atoms with Gasteiger partial charge in [-0.15, -0.1) is 0 Å². The monoisotopic (exact) mass is 227 g/mol. The predicted octanol–water partition coefficient (Wildman–Crippen LogP) is 2.33. The highest BCUT2D eigenvalue weighted by molar-refractivity contribution is 4.77. The Morgan fingerprint density at radius 3 is 2.20 bits per heavy atom. The molecule has 0 aromatic heterocycles. The maximum Gasteiger partial charge on any atom is 0.390 e. The van der Waals surface area contributed by atoms with Crippen molar-refractivity contribution in [2.24, 2.45) is 5.41 Å². The zero-order chi connectivity index (χ0) is 12.1. The Labute approximate surface area is 88.9 Å². The third-order valence-corrected chi connectivity index (χ3v) is 2.65. The molecule has 0 fully saturated rings. The summed E-state index contributed by atoms with van der Waals surface area (Å²) in [5.74, 6) is 0. The first-order valence-electron chi connectivity index (χ1n) is 5.13. The molecule has 2 N–H and O–H groups in total. The van der Waals surface area contributed by atoms with Crippen molar-refractivity contribution in [1.82, 2.24) is 5.32 Å². The molecule has 2 unspecified atom stereocenters. The van der Waals surface area contributed by atoms with E-state index < -0.39 is 18.6 Å². The number of aliphatic hydroxyl groups excluding tert-OH is 1. The van der Waals surface area contributed by atoms with Crippen LogP contribution in [0.4, 0.5) is 13.2 Å². The van der Waals surface area contributed by atoms with Gasteiger partial charge in [0.15, 0.2) is 0 Å². The summed E-state index contributed by atoms with van der Waals surface area (Å²) in [6.45, 7) is 5.64. The van der Waals surface area contributed by atoms with Crippen molar-refractivity contribution >= 4 is 0 Å². The minimum absolute atomic E-state index is 0.0186. The third kappa shape index (κ3) is 6.73. The fourth-order valence-electron chi connectivity index (χ4n) is 1.13. The zero-order valence-electron chi connectivity index (χ0n) is 9.49. The zero-order valence-corrected chi connectivity index (χ0v) is 9.49. The van der Waals surface area contributed by atoms with Crippen LogP contribution in [0.25, 0.3) is 0 Å². The van der Waals surface area contributed by atoms with Gasteiger partial charge in [0.1, 0.15) is 0 Å². The molecule has 5 heteroatoms. The lowest BCUT2D eigenvalue weighted by atomic mass is 9.88. The molecule has 2 atom stereocenters. The van der Waals surface area contributed by atoms with E-state index in [4.69, 9.17) is 5.11 Å². The van der Waals surface area contributed by atoms with Gasteiger partial charge in [0.2, 0.25) is 0 Å². The molecule has 0 aromatic carbocycles. The normalized spacial score (nSPS) is 18.6. The van der Waals surface area contributed by atoms with E-state index in [0.29, 0.717) is 6.54 Å². The van der Waals surface area contributed by atoms with Crippen LogP contribution in [0.15, 0.2) is 0 Å². The summed E-state index contributed by atoms with van der Waals surface area (Å²) in [7, 11) is 0. The largest absolute Gasteiger partial charge is 0.396 e. The maximum atomic E-state index is 12.0. The van der Waals surface area contributed by atoms with Crippen molar-refractivity contribution in [1.29, 1.82) is 0 Å². The molecule has 0 spiro atoms. The standard InChI is InChI=1S/C10H20F3NO/c1-4-9(3,7-15)6-14-8(2)5-10(11,12)13/h8,14-15H,4-7H2,1-3H3. The van der Waals surface area contributed by atoms with Crippen molar-refractivity contribution in [3.63, 3.8) is 0 Å². The smallest absolute Gasteiger partial charge is 0.390 e. The van der Waals surface area contributed by atoms with Crippen LogP contribution < -0.4 is 5.32 Å². The third-order valence-electron chi connectivity index (χ3n) is 2.65. The second kappa shape index (κ2) is 5.70. The number of aliphatic hydroxyl groups is 1. The lowest BCUT2D eigenvalue weighted by molar-refractivity contribution is -0.139. The van der Waals surface area contributed by atoms with E-state index in [9.17, 15) is 13.2 Å². The van der Waals surface area contributed by atoms with Crippen molar-refractivity contribution in [3.8, 4) is 0 Å². The first-order valence-corrected chi connectivity index (χ1v) is 5.13. The molecule has 92 valence electrons. The molecular weight excluding hydrogens is 207 g/mol. The van der Waals surface area contributed by atoms with Gasteiger partial charge >= 0.3 is 6.18 Å². The minimum atomic E-state index is -4.13. The Morgan fingerprint density at radius 2 is 1.87 bits per heavy atom. The van der Waals surface area contributed by atoms with E-state index in [-0.39, 0.29) is 12.0 Å². The van der Waals surface area contributed by atoms with Gasteiger partial charge < -0.3 is 10.4 Å². The van der Waals surface area contributed by atoms with Crippen LogP contribution in [0.5, 0.6) is 0 Å². The maximum absolute atomic E-state index is 12.0. The average Bonchev–Trinajstić information content (AvgIpc) is 2.12. The highest BCUT2D eigenvalue weighted by Crippen LogP contribution is 2.23. The van der Waals surface area contributed by atoms with Gasteiger partial charge in [-0.1, -0.05) is 13.8 Å². The summed E-state index contributed by atoms with van der Waals surface area (Å²) >= 11 is 0. The van der Waals surface area contributed by atoms with E-state index in [1.54, 1.807) is 0 Å². The summed E-state index contributed by atoms with van der Waals surface area (Å²) in [5.41, 5.74) is -0.333. The Kier molecular flexibility index (Phi) is 5.59. The highest BCUT2D eigenvalue weighted by atomic mass is 19.4. The summed E-state index contributed by atoms with van der Waals surface area (Å²) in [6.07, 6.45) is -4.23. The van der Waals surface area contributed by atoms with Gasteiger partial charge in [-0.2, -0.15) is 13.2 Å². The van der Waals surface area contributed by atoms with Gasteiger partial charge in [-0.3, -0.25) is 0 Å². The molecule has 0 saturated heterocycles. The van der Waals surface area contributed by atoms with E-state index in [0.717, 1.165) is 6.42 Å². The van der Waals surface area contributed by atoms with Gasteiger partial charge in [0.05, 0.1) is 6.42 Å². The molecule has 0 aromatic rings. The number of hydrogen-bond acceptors (Lipinski definition) is 2. The van der Waals surface area contributed by atoms with Crippen LogP contribution >= 0.6 is 0 Å². The second-order valence-electron chi connectivity index (χ2n) is 4.42. The van der Waals surface area contributed by atoms with E-state index >= 15 is 0 Å². The first kappa shape index (κ1) is 14.7. The van der Waals surface area contributed by atoms with Crippen molar-refractivity contribution < 1.29 is 18.3 Å². The van der Waals surface area contributed by atoms with Gasteiger partial charge in [0, 0.05) is 24.6 Å². The van der Waals surface area contributed by atoms with Gasteiger partial charge in [-0.05, 0) is 13.3 Å². The summed E-state index contributed by atoms with van der Waals surface area (Å²) in [6, 6.07) is -0.609. The molecule has 0 radical (unpaired) electrons. The van der Waals surface area contributed by atoms with Crippen LogP contribution in [0, 0.1) is 5.41 Å².